The predicted molar refractivity (Wildman–Crippen MR) is 95.7 cm³/mol. The first-order chi connectivity index (χ1) is 11.6. The maximum absolute atomic E-state index is 12.0. The summed E-state index contributed by atoms with van der Waals surface area (Å²) >= 11 is 1.47. The molecule has 0 spiro atoms. The SMILES string of the molecule is CCc1cc(N2CCC(NC(=O)Nc3ncc(C)s3)CC2)ncn1. The standard InChI is InChI=1S/C16H22N6OS/c1-3-12-8-14(19-10-18-12)22-6-4-13(5-7-22)20-15(23)21-16-17-9-11(2)24-16/h8-10,13H,3-7H2,1-2H3,(H2,17,20,21,23). The summed E-state index contributed by atoms with van der Waals surface area (Å²) in [7, 11) is 0. The van der Waals surface area contributed by atoms with Gasteiger partial charge in [-0.2, -0.15) is 0 Å². The zero-order chi connectivity index (χ0) is 16.9. The molecule has 3 heterocycles. The molecule has 0 unspecified atom stereocenters. The van der Waals surface area contributed by atoms with Crippen LogP contribution in [0.2, 0.25) is 0 Å². The van der Waals surface area contributed by atoms with Crippen LogP contribution in [0.1, 0.15) is 30.3 Å². The van der Waals surface area contributed by atoms with Crippen LogP contribution < -0.4 is 15.5 Å². The highest BCUT2D eigenvalue weighted by molar-refractivity contribution is 7.15. The maximum atomic E-state index is 12.0. The molecule has 1 fully saturated rings. The molecule has 2 aromatic rings. The van der Waals surface area contributed by atoms with Crippen molar-refractivity contribution in [1.82, 2.24) is 20.3 Å². The summed E-state index contributed by atoms with van der Waals surface area (Å²) in [6.45, 7) is 5.81. The highest BCUT2D eigenvalue weighted by Gasteiger charge is 2.22. The molecule has 128 valence electrons. The first-order valence-corrected chi connectivity index (χ1v) is 9.01. The number of carbonyl (C=O) groups is 1. The number of aromatic nitrogens is 3. The molecule has 1 aliphatic heterocycles. The molecule has 7 nitrogen and oxygen atoms in total. The molecule has 0 saturated carbocycles. The lowest BCUT2D eigenvalue weighted by Gasteiger charge is -2.33. The molecular formula is C16H22N6OS. The van der Waals surface area contributed by atoms with Gasteiger partial charge in [-0.15, -0.1) is 11.3 Å². The summed E-state index contributed by atoms with van der Waals surface area (Å²) in [5.41, 5.74) is 1.05. The van der Waals surface area contributed by atoms with Crippen LogP contribution in [0.25, 0.3) is 0 Å². The van der Waals surface area contributed by atoms with Gasteiger partial charge in [-0.25, -0.2) is 19.7 Å². The van der Waals surface area contributed by atoms with E-state index in [1.165, 1.54) is 11.3 Å². The van der Waals surface area contributed by atoms with Crippen molar-refractivity contribution in [3.05, 3.63) is 29.2 Å². The summed E-state index contributed by atoms with van der Waals surface area (Å²) in [4.78, 5) is 28.1. The van der Waals surface area contributed by atoms with Gasteiger partial charge < -0.3 is 10.2 Å². The van der Waals surface area contributed by atoms with Gasteiger partial charge in [0.05, 0.1) is 0 Å². The van der Waals surface area contributed by atoms with E-state index >= 15 is 0 Å². The van der Waals surface area contributed by atoms with Crippen LogP contribution in [0.5, 0.6) is 0 Å². The number of carbonyl (C=O) groups excluding carboxylic acids is 1. The molecular weight excluding hydrogens is 324 g/mol. The van der Waals surface area contributed by atoms with Crippen LogP contribution in [0.4, 0.5) is 15.7 Å². The second-order valence-corrected chi connectivity index (χ2v) is 7.09. The van der Waals surface area contributed by atoms with Crippen molar-refractivity contribution >= 4 is 28.3 Å². The zero-order valence-electron chi connectivity index (χ0n) is 14.0. The minimum Gasteiger partial charge on any atom is -0.356 e. The van der Waals surface area contributed by atoms with Crippen molar-refractivity contribution in [2.75, 3.05) is 23.3 Å². The van der Waals surface area contributed by atoms with Gasteiger partial charge in [-0.1, -0.05) is 6.92 Å². The molecule has 0 aromatic carbocycles. The third-order valence-corrected chi connectivity index (χ3v) is 4.90. The van der Waals surface area contributed by atoms with Crippen molar-refractivity contribution in [2.45, 2.75) is 39.2 Å². The Morgan fingerprint density at radius 1 is 1.33 bits per heavy atom. The smallest absolute Gasteiger partial charge is 0.321 e. The van der Waals surface area contributed by atoms with Gasteiger partial charge >= 0.3 is 6.03 Å². The number of urea groups is 1. The number of hydrogen-bond donors (Lipinski definition) is 2. The molecule has 2 amide bonds. The maximum Gasteiger partial charge on any atom is 0.321 e. The van der Waals surface area contributed by atoms with Gasteiger partial charge in [0.1, 0.15) is 12.1 Å². The van der Waals surface area contributed by atoms with E-state index in [1.54, 1.807) is 12.5 Å². The first-order valence-electron chi connectivity index (χ1n) is 8.20. The Balaban J connectivity index is 1.48. The lowest BCUT2D eigenvalue weighted by Crippen LogP contribution is -2.46. The summed E-state index contributed by atoms with van der Waals surface area (Å²) in [5, 5.41) is 6.45. The van der Waals surface area contributed by atoms with Crippen LogP contribution in [0, 0.1) is 6.92 Å². The van der Waals surface area contributed by atoms with Gasteiger partial charge in [0.15, 0.2) is 5.13 Å². The molecule has 0 aliphatic carbocycles. The van der Waals surface area contributed by atoms with Crippen molar-refractivity contribution < 1.29 is 4.79 Å². The first kappa shape index (κ1) is 16.6. The van der Waals surface area contributed by atoms with E-state index in [0.717, 1.165) is 48.7 Å². The normalized spacial score (nSPS) is 15.3. The Morgan fingerprint density at radius 3 is 2.79 bits per heavy atom. The van der Waals surface area contributed by atoms with Gasteiger partial charge in [0, 0.05) is 42.0 Å². The highest BCUT2D eigenvalue weighted by atomic mass is 32.1. The number of thiazole rings is 1. The van der Waals surface area contributed by atoms with E-state index in [2.05, 4.69) is 37.4 Å². The lowest BCUT2D eigenvalue weighted by molar-refractivity contribution is 0.246. The quantitative estimate of drug-likeness (QED) is 0.889. The zero-order valence-corrected chi connectivity index (χ0v) is 14.8. The Hall–Kier alpha value is -2.22. The van der Waals surface area contributed by atoms with E-state index in [9.17, 15) is 4.79 Å². The van der Waals surface area contributed by atoms with Crippen LogP contribution >= 0.6 is 11.3 Å². The second kappa shape index (κ2) is 7.57. The minimum atomic E-state index is -0.182. The minimum absolute atomic E-state index is 0.176. The van der Waals surface area contributed by atoms with Crippen molar-refractivity contribution in [3.8, 4) is 0 Å². The van der Waals surface area contributed by atoms with E-state index in [4.69, 9.17) is 0 Å². The summed E-state index contributed by atoms with van der Waals surface area (Å²) in [5.74, 6) is 0.975. The molecule has 2 aromatic heterocycles. The van der Waals surface area contributed by atoms with E-state index < -0.39 is 0 Å². The van der Waals surface area contributed by atoms with E-state index in [0.29, 0.717) is 5.13 Å². The molecule has 0 bridgehead atoms. The molecule has 24 heavy (non-hydrogen) atoms. The van der Waals surface area contributed by atoms with E-state index in [-0.39, 0.29) is 12.1 Å². The summed E-state index contributed by atoms with van der Waals surface area (Å²) in [6, 6.07) is 2.04. The molecule has 0 radical (unpaired) electrons. The van der Waals surface area contributed by atoms with Crippen molar-refractivity contribution in [3.63, 3.8) is 0 Å². The van der Waals surface area contributed by atoms with Crippen LogP contribution in [-0.2, 0) is 6.42 Å². The fourth-order valence-corrected chi connectivity index (χ4v) is 3.40. The Labute approximate surface area is 145 Å². The number of anilines is 2. The molecule has 0 atom stereocenters. The van der Waals surface area contributed by atoms with Crippen molar-refractivity contribution in [2.24, 2.45) is 0 Å². The third kappa shape index (κ3) is 4.19. The molecule has 2 N–H and O–H groups in total. The average molecular weight is 346 g/mol. The average Bonchev–Trinajstić information content (AvgIpc) is 3.00. The van der Waals surface area contributed by atoms with Crippen LogP contribution in [-0.4, -0.2) is 40.1 Å². The fraction of sp³-hybridized carbons (Fsp3) is 0.500. The van der Waals surface area contributed by atoms with Gasteiger partial charge in [0.25, 0.3) is 0 Å². The molecule has 1 saturated heterocycles. The van der Waals surface area contributed by atoms with E-state index in [1.807, 2.05) is 13.0 Å². The molecule has 3 rings (SSSR count). The number of amides is 2. The number of rotatable bonds is 4. The monoisotopic (exact) mass is 346 g/mol. The Kier molecular flexibility index (Phi) is 5.24. The Bertz CT molecular complexity index is 695. The highest BCUT2D eigenvalue weighted by Crippen LogP contribution is 2.19. The topological polar surface area (TPSA) is 83.0 Å². The number of nitrogens with one attached hydrogen (secondary N) is 2. The lowest BCUT2D eigenvalue weighted by atomic mass is 10.1. The number of aryl methyl sites for hydroxylation is 2. The van der Waals surface area contributed by atoms with Gasteiger partial charge in [-0.3, -0.25) is 5.32 Å². The fourth-order valence-electron chi connectivity index (χ4n) is 2.74. The third-order valence-electron chi connectivity index (χ3n) is 4.07. The number of nitrogens with zero attached hydrogens (tertiary/aromatic N) is 4. The number of hydrogen-bond acceptors (Lipinski definition) is 6. The molecule has 1 aliphatic rings. The summed E-state index contributed by atoms with van der Waals surface area (Å²) < 4.78 is 0. The Morgan fingerprint density at radius 2 is 2.12 bits per heavy atom. The second-order valence-electron chi connectivity index (χ2n) is 5.86. The predicted octanol–water partition coefficient (Wildman–Crippen LogP) is 2.59. The van der Waals surface area contributed by atoms with Crippen molar-refractivity contribution in [1.29, 1.82) is 0 Å². The van der Waals surface area contributed by atoms with Crippen LogP contribution in [0.3, 0.4) is 0 Å². The largest absolute Gasteiger partial charge is 0.356 e. The molecule has 8 heteroatoms. The summed E-state index contributed by atoms with van der Waals surface area (Å²) in [6.07, 6.45) is 6.09. The van der Waals surface area contributed by atoms with Gasteiger partial charge in [0.2, 0.25) is 0 Å². The number of piperidine rings is 1. The van der Waals surface area contributed by atoms with Gasteiger partial charge in [-0.05, 0) is 26.2 Å². The van der Waals surface area contributed by atoms with Crippen LogP contribution in [0.15, 0.2) is 18.6 Å².